The van der Waals surface area contributed by atoms with Crippen LogP contribution in [-0.4, -0.2) is 31.1 Å². The number of rotatable bonds is 3. The van der Waals surface area contributed by atoms with Crippen molar-refractivity contribution in [3.63, 3.8) is 0 Å². The van der Waals surface area contributed by atoms with E-state index in [4.69, 9.17) is 0 Å². The number of fused-ring (bicyclic) bond motifs is 1. The molecule has 1 aromatic heterocycles. The van der Waals surface area contributed by atoms with Crippen LogP contribution in [0.4, 0.5) is 4.39 Å². The Labute approximate surface area is 145 Å². The summed E-state index contributed by atoms with van der Waals surface area (Å²) in [7, 11) is 0. The molecule has 0 radical (unpaired) electrons. The largest absolute Gasteiger partial charge is 0.315 e. The van der Waals surface area contributed by atoms with Crippen LogP contribution < -0.4 is 5.32 Å². The van der Waals surface area contributed by atoms with Crippen LogP contribution in [0.1, 0.15) is 22.9 Å². The van der Waals surface area contributed by atoms with Crippen molar-refractivity contribution in [1.82, 2.24) is 10.2 Å². The average Bonchev–Trinajstić information content (AvgIpc) is 2.84. The summed E-state index contributed by atoms with van der Waals surface area (Å²) < 4.78 is 15.9. The Morgan fingerprint density at radius 1 is 1.00 bits per heavy atom. The molecule has 4 heteroatoms. The minimum absolute atomic E-state index is 0.0106. The summed E-state index contributed by atoms with van der Waals surface area (Å²) in [5.41, 5.74) is 0.783. The fourth-order valence-electron chi connectivity index (χ4n) is 3.49. The van der Waals surface area contributed by atoms with Crippen LogP contribution in [0.15, 0.2) is 54.6 Å². The summed E-state index contributed by atoms with van der Waals surface area (Å²) in [4.78, 5) is 3.64. The molecule has 0 amide bonds. The smallest absolute Gasteiger partial charge is 0.128 e. The van der Waals surface area contributed by atoms with E-state index in [1.165, 1.54) is 15.0 Å². The van der Waals surface area contributed by atoms with Gasteiger partial charge in [0.15, 0.2) is 0 Å². The van der Waals surface area contributed by atoms with Crippen molar-refractivity contribution in [3.05, 3.63) is 70.9 Å². The fourth-order valence-corrected chi connectivity index (χ4v) is 4.71. The molecule has 1 aliphatic heterocycles. The highest BCUT2D eigenvalue weighted by Gasteiger charge is 2.27. The molecule has 2 nitrogen and oxygen atoms in total. The van der Waals surface area contributed by atoms with E-state index >= 15 is 0 Å². The van der Waals surface area contributed by atoms with Gasteiger partial charge < -0.3 is 5.32 Å². The lowest BCUT2D eigenvalue weighted by Gasteiger charge is -2.30. The number of hydrogen-bond donors (Lipinski definition) is 1. The Balaban J connectivity index is 1.81. The van der Waals surface area contributed by atoms with Gasteiger partial charge in [-0.15, -0.1) is 11.3 Å². The van der Waals surface area contributed by atoms with Crippen molar-refractivity contribution in [3.8, 4) is 0 Å². The highest BCUT2D eigenvalue weighted by Crippen LogP contribution is 2.37. The normalized spacial score (nSPS) is 17.7. The van der Waals surface area contributed by atoms with Gasteiger partial charge in [0.2, 0.25) is 0 Å². The molecule has 1 unspecified atom stereocenters. The molecule has 0 saturated carbocycles. The topological polar surface area (TPSA) is 15.3 Å². The molecule has 1 N–H and O–H groups in total. The highest BCUT2D eigenvalue weighted by molar-refractivity contribution is 7.19. The maximum absolute atomic E-state index is 14.6. The van der Waals surface area contributed by atoms with Crippen LogP contribution in [0.25, 0.3) is 10.1 Å². The van der Waals surface area contributed by atoms with E-state index in [0.717, 1.165) is 38.2 Å². The molecule has 0 aliphatic carbocycles. The van der Waals surface area contributed by atoms with Crippen LogP contribution in [-0.2, 0) is 0 Å². The van der Waals surface area contributed by atoms with E-state index in [0.29, 0.717) is 0 Å². The molecule has 3 aromatic rings. The third kappa shape index (κ3) is 3.09. The molecule has 124 valence electrons. The van der Waals surface area contributed by atoms with E-state index < -0.39 is 0 Å². The minimum Gasteiger partial charge on any atom is -0.315 e. The van der Waals surface area contributed by atoms with Crippen LogP contribution in [0.5, 0.6) is 0 Å². The maximum atomic E-state index is 14.6. The number of hydrogen-bond acceptors (Lipinski definition) is 3. The van der Waals surface area contributed by atoms with Crippen LogP contribution >= 0.6 is 11.3 Å². The summed E-state index contributed by atoms with van der Waals surface area (Å²) in [5.74, 6) is -0.114. The monoisotopic (exact) mass is 340 g/mol. The van der Waals surface area contributed by atoms with Crippen molar-refractivity contribution in [2.45, 2.75) is 12.5 Å². The highest BCUT2D eigenvalue weighted by atomic mass is 32.1. The number of nitrogens with one attached hydrogen (secondary N) is 1. The average molecular weight is 340 g/mol. The predicted molar refractivity (Wildman–Crippen MR) is 99.1 cm³/mol. The molecule has 1 aliphatic rings. The zero-order valence-electron chi connectivity index (χ0n) is 13.5. The summed E-state index contributed by atoms with van der Waals surface area (Å²) in [5, 5.41) is 4.69. The van der Waals surface area contributed by atoms with Gasteiger partial charge in [-0.1, -0.05) is 36.4 Å². The zero-order chi connectivity index (χ0) is 16.4. The molecule has 4 rings (SSSR count). The number of nitrogens with zero attached hydrogens (tertiary/aromatic N) is 1. The van der Waals surface area contributed by atoms with Crippen molar-refractivity contribution in [2.75, 3.05) is 26.2 Å². The van der Waals surface area contributed by atoms with Crippen molar-refractivity contribution in [1.29, 1.82) is 0 Å². The molecular weight excluding hydrogens is 319 g/mol. The molecule has 1 atom stereocenters. The lowest BCUT2D eigenvalue weighted by atomic mass is 10.0. The molecule has 2 heterocycles. The summed E-state index contributed by atoms with van der Waals surface area (Å²) in [6.07, 6.45) is 1.09. The first-order chi connectivity index (χ1) is 11.8. The number of halogens is 1. The van der Waals surface area contributed by atoms with E-state index in [2.05, 4.69) is 40.5 Å². The van der Waals surface area contributed by atoms with Crippen LogP contribution in [0.3, 0.4) is 0 Å². The zero-order valence-corrected chi connectivity index (χ0v) is 14.4. The Kier molecular flexibility index (Phi) is 4.60. The Morgan fingerprint density at radius 2 is 1.83 bits per heavy atom. The van der Waals surface area contributed by atoms with E-state index in [1.54, 1.807) is 23.5 Å². The first-order valence-electron chi connectivity index (χ1n) is 8.50. The Bertz CT molecular complexity index is 788. The van der Waals surface area contributed by atoms with Crippen LogP contribution in [0, 0.1) is 5.82 Å². The van der Waals surface area contributed by atoms with E-state index in [9.17, 15) is 4.39 Å². The molecule has 0 spiro atoms. The number of benzene rings is 2. The van der Waals surface area contributed by atoms with Gasteiger partial charge in [0.1, 0.15) is 5.82 Å². The van der Waals surface area contributed by atoms with Gasteiger partial charge in [0.25, 0.3) is 0 Å². The van der Waals surface area contributed by atoms with Gasteiger partial charge in [-0.2, -0.15) is 0 Å². The van der Waals surface area contributed by atoms with Crippen molar-refractivity contribution < 1.29 is 4.39 Å². The first kappa shape index (κ1) is 15.8. The number of thiophene rings is 1. The first-order valence-corrected chi connectivity index (χ1v) is 9.32. The van der Waals surface area contributed by atoms with E-state index in [-0.39, 0.29) is 11.9 Å². The quantitative estimate of drug-likeness (QED) is 0.759. The van der Waals surface area contributed by atoms with Gasteiger partial charge in [-0.3, -0.25) is 4.90 Å². The molecule has 1 saturated heterocycles. The van der Waals surface area contributed by atoms with Crippen molar-refractivity contribution in [2.24, 2.45) is 0 Å². The summed E-state index contributed by atoms with van der Waals surface area (Å²) in [6.45, 7) is 3.91. The van der Waals surface area contributed by atoms with Gasteiger partial charge in [0.05, 0.1) is 6.04 Å². The van der Waals surface area contributed by atoms with Gasteiger partial charge >= 0.3 is 0 Å². The Hall–Kier alpha value is -1.75. The SMILES string of the molecule is Fc1ccccc1C(c1cc2ccccc2s1)N1CCCNCC1. The second kappa shape index (κ2) is 7.01. The molecule has 0 bridgehead atoms. The second-order valence-electron chi connectivity index (χ2n) is 6.25. The lowest BCUT2D eigenvalue weighted by Crippen LogP contribution is -2.33. The standard InChI is InChI=1S/C20H21FN2S/c21-17-8-3-2-7-16(17)20(23-12-5-10-22-11-13-23)19-14-15-6-1-4-9-18(15)24-19/h1-4,6-9,14,20,22H,5,10-13H2. The molecule has 24 heavy (non-hydrogen) atoms. The van der Waals surface area contributed by atoms with Gasteiger partial charge in [-0.05, 0) is 36.6 Å². The second-order valence-corrected chi connectivity index (χ2v) is 7.37. The predicted octanol–water partition coefficient (Wildman–Crippen LogP) is 4.43. The molecule has 2 aromatic carbocycles. The van der Waals surface area contributed by atoms with Crippen LogP contribution in [0.2, 0.25) is 0 Å². The third-order valence-electron chi connectivity index (χ3n) is 4.65. The summed E-state index contributed by atoms with van der Waals surface area (Å²) in [6, 6.07) is 17.8. The third-order valence-corrected chi connectivity index (χ3v) is 5.82. The van der Waals surface area contributed by atoms with Gasteiger partial charge in [0, 0.05) is 34.8 Å². The maximum Gasteiger partial charge on any atom is 0.128 e. The lowest BCUT2D eigenvalue weighted by molar-refractivity contribution is 0.239. The van der Waals surface area contributed by atoms with E-state index in [1.807, 2.05) is 12.1 Å². The Morgan fingerprint density at radius 3 is 2.71 bits per heavy atom. The molecular formula is C20H21FN2S. The molecule has 1 fully saturated rings. The summed E-state index contributed by atoms with van der Waals surface area (Å²) >= 11 is 1.78. The van der Waals surface area contributed by atoms with Crippen molar-refractivity contribution >= 4 is 21.4 Å². The minimum atomic E-state index is -0.114. The fraction of sp³-hybridized carbons (Fsp3) is 0.300. The van der Waals surface area contributed by atoms with Gasteiger partial charge in [-0.25, -0.2) is 4.39 Å².